The molecule has 372 valence electrons. The predicted octanol–water partition coefficient (Wildman–Crippen LogP) is 11.0. The SMILES string of the molecule is C=CC(=O)OCCCCCCOc1ccc(OC(=O)C2CCC(COc3ccc(OCC4CCC(C=O)CC4)cc3C=O)CC2)cc1.C=CC=O.COCCCCCCOc1ccc(OC)cc1. The lowest BCUT2D eigenvalue weighted by Gasteiger charge is -2.27. The Hall–Kier alpha value is -5.95. The first kappa shape index (κ1) is 56.4. The van der Waals surface area contributed by atoms with Crippen LogP contribution in [0, 0.1) is 23.7 Å². The maximum atomic E-state index is 12.8. The van der Waals surface area contributed by atoms with Gasteiger partial charge in [-0.15, -0.1) is 0 Å². The monoisotopic (exact) mass is 943 g/mol. The molecular formula is C55H74O13. The third-order valence-electron chi connectivity index (χ3n) is 11.8. The van der Waals surface area contributed by atoms with Gasteiger partial charge in [0.2, 0.25) is 0 Å². The summed E-state index contributed by atoms with van der Waals surface area (Å²) in [5.74, 6) is 4.31. The van der Waals surface area contributed by atoms with Crippen molar-refractivity contribution in [3.8, 4) is 34.5 Å². The van der Waals surface area contributed by atoms with Crippen LogP contribution in [-0.4, -0.2) is 84.7 Å². The molecule has 0 N–H and O–H groups in total. The van der Waals surface area contributed by atoms with Gasteiger partial charge in [0.05, 0.1) is 51.6 Å². The molecule has 0 spiro atoms. The van der Waals surface area contributed by atoms with Crippen LogP contribution in [0.1, 0.15) is 113 Å². The summed E-state index contributed by atoms with van der Waals surface area (Å²) >= 11 is 0. The third-order valence-corrected chi connectivity index (χ3v) is 11.8. The quantitative estimate of drug-likeness (QED) is 0.0213. The van der Waals surface area contributed by atoms with Crippen LogP contribution in [0.15, 0.2) is 92.0 Å². The number of rotatable bonds is 29. The zero-order valence-electron chi connectivity index (χ0n) is 40.3. The minimum absolute atomic E-state index is 0.155. The van der Waals surface area contributed by atoms with Gasteiger partial charge in [-0.05, 0) is 181 Å². The van der Waals surface area contributed by atoms with Crippen molar-refractivity contribution < 1.29 is 61.9 Å². The van der Waals surface area contributed by atoms with E-state index in [2.05, 4.69) is 13.2 Å². The van der Waals surface area contributed by atoms with Gasteiger partial charge in [-0.2, -0.15) is 0 Å². The van der Waals surface area contributed by atoms with E-state index < -0.39 is 0 Å². The molecular weight excluding hydrogens is 869 g/mol. The molecule has 0 saturated heterocycles. The van der Waals surface area contributed by atoms with Crippen LogP contribution in [-0.2, 0) is 28.7 Å². The number of allylic oxidation sites excluding steroid dienone is 1. The molecule has 0 bridgehead atoms. The van der Waals surface area contributed by atoms with Crippen LogP contribution in [0.25, 0.3) is 0 Å². The fourth-order valence-electron chi connectivity index (χ4n) is 7.66. The number of esters is 2. The Morgan fingerprint density at radius 3 is 1.59 bits per heavy atom. The van der Waals surface area contributed by atoms with Crippen LogP contribution in [0.5, 0.6) is 34.5 Å². The maximum Gasteiger partial charge on any atom is 0.330 e. The van der Waals surface area contributed by atoms with E-state index in [0.29, 0.717) is 67.4 Å². The van der Waals surface area contributed by atoms with Crippen molar-refractivity contribution in [3.05, 3.63) is 97.6 Å². The maximum absolute atomic E-state index is 12.8. The van der Waals surface area contributed by atoms with Crippen LogP contribution < -0.4 is 28.4 Å². The highest BCUT2D eigenvalue weighted by Crippen LogP contribution is 2.33. The van der Waals surface area contributed by atoms with Crippen molar-refractivity contribution in [2.24, 2.45) is 23.7 Å². The average Bonchev–Trinajstić information content (AvgIpc) is 3.39. The topological polar surface area (TPSA) is 159 Å². The molecule has 2 fully saturated rings. The number of ether oxygens (including phenoxy) is 8. The molecule has 0 radical (unpaired) electrons. The second-order valence-corrected chi connectivity index (χ2v) is 16.9. The molecule has 5 rings (SSSR count). The summed E-state index contributed by atoms with van der Waals surface area (Å²) in [4.78, 5) is 55.6. The number of methoxy groups -OCH3 is 2. The molecule has 0 aliphatic heterocycles. The molecule has 68 heavy (non-hydrogen) atoms. The number of hydrogen-bond donors (Lipinski definition) is 0. The number of aldehydes is 3. The van der Waals surface area contributed by atoms with E-state index in [9.17, 15) is 19.2 Å². The molecule has 2 aliphatic carbocycles. The molecule has 2 saturated carbocycles. The van der Waals surface area contributed by atoms with Crippen molar-refractivity contribution >= 4 is 30.8 Å². The van der Waals surface area contributed by atoms with Crippen LogP contribution >= 0.6 is 0 Å². The van der Waals surface area contributed by atoms with E-state index in [-0.39, 0.29) is 23.8 Å². The second-order valence-electron chi connectivity index (χ2n) is 16.9. The summed E-state index contributed by atoms with van der Waals surface area (Å²) in [6, 6.07) is 20.2. The minimum Gasteiger partial charge on any atom is -0.497 e. The summed E-state index contributed by atoms with van der Waals surface area (Å²) < 4.78 is 44.1. The molecule has 3 aromatic rings. The van der Waals surface area contributed by atoms with E-state index >= 15 is 0 Å². The largest absolute Gasteiger partial charge is 0.497 e. The normalized spacial score (nSPS) is 17.2. The second kappa shape index (κ2) is 35.2. The molecule has 2 aliphatic rings. The van der Waals surface area contributed by atoms with Gasteiger partial charge >= 0.3 is 11.9 Å². The lowest BCUT2D eigenvalue weighted by molar-refractivity contribution is -0.140. The number of carbonyl (C=O) groups is 5. The Balaban J connectivity index is 0.000000483. The molecule has 0 amide bonds. The van der Waals surface area contributed by atoms with E-state index in [0.717, 1.165) is 133 Å². The van der Waals surface area contributed by atoms with Crippen molar-refractivity contribution in [1.29, 1.82) is 0 Å². The highest BCUT2D eigenvalue weighted by atomic mass is 16.5. The van der Waals surface area contributed by atoms with Gasteiger partial charge in [0.1, 0.15) is 47.1 Å². The molecule has 0 unspecified atom stereocenters. The Kier molecular flexibility index (Phi) is 29.2. The third kappa shape index (κ3) is 23.7. The van der Waals surface area contributed by atoms with Gasteiger partial charge in [0.15, 0.2) is 6.29 Å². The van der Waals surface area contributed by atoms with Crippen LogP contribution in [0.3, 0.4) is 0 Å². The Morgan fingerprint density at radius 1 is 0.574 bits per heavy atom. The summed E-state index contributed by atoms with van der Waals surface area (Å²) in [7, 11) is 3.41. The Morgan fingerprint density at radius 2 is 1.07 bits per heavy atom. The highest BCUT2D eigenvalue weighted by molar-refractivity contribution is 5.81. The summed E-state index contributed by atoms with van der Waals surface area (Å²) in [5, 5.41) is 0. The predicted molar refractivity (Wildman–Crippen MR) is 262 cm³/mol. The van der Waals surface area contributed by atoms with Gasteiger partial charge in [-0.3, -0.25) is 14.4 Å². The van der Waals surface area contributed by atoms with Gasteiger partial charge in [0, 0.05) is 25.7 Å². The summed E-state index contributed by atoms with van der Waals surface area (Å²) in [5.41, 5.74) is 0.460. The first-order valence-corrected chi connectivity index (χ1v) is 24.1. The molecule has 0 atom stereocenters. The van der Waals surface area contributed by atoms with Crippen LogP contribution in [0.4, 0.5) is 0 Å². The highest BCUT2D eigenvalue weighted by Gasteiger charge is 2.28. The molecule has 13 nitrogen and oxygen atoms in total. The number of carbonyl (C=O) groups excluding carboxylic acids is 5. The van der Waals surface area contributed by atoms with Gasteiger partial charge in [0.25, 0.3) is 0 Å². The molecule has 3 aromatic carbocycles. The minimum atomic E-state index is -0.390. The summed E-state index contributed by atoms with van der Waals surface area (Å²) in [6.07, 6.45) is 20.1. The first-order chi connectivity index (χ1) is 33.2. The first-order valence-electron chi connectivity index (χ1n) is 24.1. The zero-order chi connectivity index (χ0) is 49.0. The van der Waals surface area contributed by atoms with Crippen molar-refractivity contribution in [1.82, 2.24) is 0 Å². The Bertz CT molecular complexity index is 1870. The summed E-state index contributed by atoms with van der Waals surface area (Å²) in [6.45, 7) is 10.2. The van der Waals surface area contributed by atoms with E-state index in [1.165, 1.54) is 25.0 Å². The lowest BCUT2D eigenvalue weighted by Crippen LogP contribution is -2.27. The van der Waals surface area contributed by atoms with Gasteiger partial charge in [-0.1, -0.05) is 19.6 Å². The lowest BCUT2D eigenvalue weighted by atomic mass is 9.82. The molecule has 13 heteroatoms. The fraction of sp³-hybridized carbons (Fsp3) is 0.509. The number of hydrogen-bond acceptors (Lipinski definition) is 13. The fourth-order valence-corrected chi connectivity index (χ4v) is 7.66. The van der Waals surface area contributed by atoms with Crippen molar-refractivity contribution in [2.75, 3.05) is 53.9 Å². The average molecular weight is 943 g/mol. The number of unbranched alkanes of at least 4 members (excludes halogenated alkanes) is 6. The van der Waals surface area contributed by atoms with Gasteiger partial charge in [-0.25, -0.2) is 4.79 Å². The molecule has 0 aromatic heterocycles. The van der Waals surface area contributed by atoms with Gasteiger partial charge < -0.3 is 42.7 Å². The standard InChI is InChI=1S/C38H48O9.C14H22O3.C3H4O/c1-2-37(41)44-22-6-4-3-5-21-43-33-15-17-34(18-16-33)47-38(42)31-13-11-30(12-14-31)27-46-36-20-19-35(23-32(36)25-40)45-26-29-9-7-28(24-39)8-10-29;1-15-11-5-3-4-6-12-17-14-9-7-13(16-2)8-10-14;1-2-3-4/h2,15-20,23-25,28-31H,1,3-14,21-22,26-27H2;7-10H,3-6,11-12H2,1-2H3;2-3H,1H2. The van der Waals surface area contributed by atoms with Crippen LogP contribution in [0.2, 0.25) is 0 Å². The van der Waals surface area contributed by atoms with Crippen molar-refractivity contribution in [3.63, 3.8) is 0 Å². The number of benzene rings is 3. The Labute approximate surface area is 403 Å². The molecule has 0 heterocycles. The van der Waals surface area contributed by atoms with E-state index in [1.807, 2.05) is 30.3 Å². The smallest absolute Gasteiger partial charge is 0.330 e. The van der Waals surface area contributed by atoms with Crippen molar-refractivity contribution in [2.45, 2.75) is 103 Å². The van der Waals surface area contributed by atoms with E-state index in [4.69, 9.17) is 42.7 Å². The van der Waals surface area contributed by atoms with E-state index in [1.54, 1.807) is 50.6 Å². The zero-order valence-corrected chi connectivity index (χ0v) is 40.3.